The van der Waals surface area contributed by atoms with Crippen LogP contribution in [-0.2, 0) is 4.79 Å². The van der Waals surface area contributed by atoms with Gasteiger partial charge in [-0.1, -0.05) is 18.2 Å². The van der Waals surface area contributed by atoms with Gasteiger partial charge in [-0.05, 0) is 81.1 Å². The number of aliphatic carboxylic acids is 1. The number of halogens is 3. The van der Waals surface area contributed by atoms with Crippen LogP contribution in [0.25, 0.3) is 22.3 Å². The Morgan fingerprint density at radius 1 is 0.936 bits per heavy atom. The highest BCUT2D eigenvalue weighted by Crippen LogP contribution is 2.36. The molecule has 2 aromatic heterocycles. The summed E-state index contributed by atoms with van der Waals surface area (Å²) in [5.74, 6) is 0.173. The van der Waals surface area contributed by atoms with Crippen molar-refractivity contribution in [2.45, 2.75) is 43.9 Å². The fraction of sp³-hybridized carbons (Fsp3) is 0.455. The first-order chi connectivity index (χ1) is 22.7. The largest absolute Gasteiger partial charge is 0.490 e. The molecular weight excluding hydrogens is 613 g/mol. The number of fused-ring (bicyclic) bond motifs is 1. The molecule has 0 bridgehead atoms. The zero-order chi connectivity index (χ0) is 33.0. The lowest BCUT2D eigenvalue weighted by atomic mass is 9.94. The molecule has 3 fully saturated rings. The van der Waals surface area contributed by atoms with Crippen LogP contribution in [0.15, 0.2) is 60.9 Å². The molecule has 0 saturated carbocycles. The summed E-state index contributed by atoms with van der Waals surface area (Å²) in [5, 5.41) is 16.5. The van der Waals surface area contributed by atoms with Crippen LogP contribution in [0.1, 0.15) is 31.7 Å². The number of rotatable bonds is 7. The molecule has 3 aliphatic heterocycles. The molecule has 0 unspecified atom stereocenters. The Kier molecular flexibility index (Phi) is 9.89. The third-order valence-corrected chi connectivity index (χ3v) is 9.14. The Morgan fingerprint density at radius 2 is 1.57 bits per heavy atom. The molecule has 11 nitrogen and oxygen atoms in total. The van der Waals surface area contributed by atoms with Crippen LogP contribution in [0.4, 0.5) is 19.0 Å². The lowest BCUT2D eigenvalue weighted by Crippen LogP contribution is -2.61. The molecule has 0 amide bonds. The van der Waals surface area contributed by atoms with E-state index < -0.39 is 12.1 Å². The van der Waals surface area contributed by atoms with E-state index in [9.17, 15) is 13.2 Å². The minimum absolute atomic E-state index is 0.299. The van der Waals surface area contributed by atoms with Crippen LogP contribution in [-0.4, -0.2) is 98.7 Å². The minimum atomic E-state index is -5.08. The summed E-state index contributed by atoms with van der Waals surface area (Å²) in [5.41, 5.74) is 9.02. The third-order valence-electron chi connectivity index (χ3n) is 9.14. The Balaban J connectivity index is 0.000000499. The van der Waals surface area contributed by atoms with Gasteiger partial charge in [0.1, 0.15) is 29.3 Å². The lowest BCUT2D eigenvalue weighted by Gasteiger charge is -2.48. The van der Waals surface area contributed by atoms with Gasteiger partial charge >= 0.3 is 12.1 Å². The van der Waals surface area contributed by atoms with Crippen molar-refractivity contribution in [3.63, 3.8) is 0 Å². The first kappa shape index (κ1) is 32.7. The van der Waals surface area contributed by atoms with Gasteiger partial charge in [-0.3, -0.25) is 9.80 Å². The molecule has 0 atom stereocenters. The van der Waals surface area contributed by atoms with Crippen molar-refractivity contribution in [3.8, 4) is 22.8 Å². The Labute approximate surface area is 270 Å². The summed E-state index contributed by atoms with van der Waals surface area (Å²) in [7, 11) is 0. The summed E-state index contributed by atoms with van der Waals surface area (Å²) < 4.78 is 39.8. The summed E-state index contributed by atoms with van der Waals surface area (Å²) in [6.45, 7) is 8.28. The van der Waals surface area contributed by atoms with E-state index in [2.05, 4.69) is 29.8 Å². The monoisotopic (exact) mass is 652 g/mol. The van der Waals surface area contributed by atoms with E-state index in [1.54, 1.807) is 6.33 Å². The third kappa shape index (κ3) is 7.83. The van der Waals surface area contributed by atoms with Gasteiger partial charge in [0, 0.05) is 44.3 Å². The number of nitrogens with zero attached hydrogens (tertiary/aromatic N) is 6. The van der Waals surface area contributed by atoms with E-state index in [0.29, 0.717) is 17.9 Å². The van der Waals surface area contributed by atoms with Crippen molar-refractivity contribution < 1.29 is 27.8 Å². The van der Waals surface area contributed by atoms with Gasteiger partial charge in [0.2, 0.25) is 0 Å². The Hall–Kier alpha value is -4.27. The summed E-state index contributed by atoms with van der Waals surface area (Å²) in [6, 6.07) is 18.8. The summed E-state index contributed by atoms with van der Waals surface area (Å²) in [4.78, 5) is 23.2. The molecule has 47 heavy (non-hydrogen) atoms. The maximum atomic E-state index is 10.6. The number of aromatic nitrogens is 4. The smallest absolute Gasteiger partial charge is 0.475 e. The Bertz CT molecular complexity index is 1630. The van der Waals surface area contributed by atoms with Crippen LogP contribution >= 0.6 is 0 Å². The number of ether oxygens (including phenoxy) is 1. The zero-order valence-electron chi connectivity index (χ0n) is 25.9. The van der Waals surface area contributed by atoms with Crippen LogP contribution in [0.3, 0.4) is 0 Å². The number of nitrogens with two attached hydrogens (primary N) is 1. The fourth-order valence-corrected chi connectivity index (χ4v) is 6.61. The van der Waals surface area contributed by atoms with Gasteiger partial charge < -0.3 is 20.9 Å². The lowest BCUT2D eigenvalue weighted by molar-refractivity contribution is -0.192. The number of para-hydroxylation sites is 1. The number of carboxylic acid groups (broad SMARTS) is 1. The molecule has 0 radical (unpaired) electrons. The molecule has 250 valence electrons. The van der Waals surface area contributed by atoms with Crippen LogP contribution in [0.5, 0.6) is 11.5 Å². The number of piperidine rings is 2. The first-order valence-corrected chi connectivity index (χ1v) is 15.9. The molecule has 3 aliphatic rings. The molecule has 3 saturated heterocycles. The topological polar surface area (TPSA) is 135 Å². The number of hydrogen-bond acceptors (Lipinski definition) is 9. The van der Waals surface area contributed by atoms with E-state index in [0.717, 1.165) is 65.6 Å². The molecule has 0 aliphatic carbocycles. The van der Waals surface area contributed by atoms with Crippen LogP contribution in [0.2, 0.25) is 0 Å². The van der Waals surface area contributed by atoms with Crippen molar-refractivity contribution in [2.24, 2.45) is 5.92 Å². The van der Waals surface area contributed by atoms with Gasteiger partial charge in [0.15, 0.2) is 5.65 Å². The second kappa shape index (κ2) is 14.2. The standard InChI is InChI=1S/C31H38N8O.C2HF3O2/c32-30-28-29(23-6-8-27(9-7-23)40-26-4-2-1-3-5-26)36-39(31(28)35-21-34-30)24-12-16-38(17-13-24)25-19-37(20-25)18-22-10-14-33-15-11-22;3-2(4,5)1(6)7/h1-9,21-22,24-25,33H,10-20H2,(H2,32,34,35);(H,6,7). The number of likely N-dealkylation sites (tertiary alicyclic amines) is 2. The van der Waals surface area contributed by atoms with Crippen molar-refractivity contribution in [1.29, 1.82) is 0 Å². The Morgan fingerprint density at radius 3 is 2.21 bits per heavy atom. The minimum Gasteiger partial charge on any atom is -0.475 e. The molecule has 2 aromatic carbocycles. The number of benzene rings is 2. The van der Waals surface area contributed by atoms with Gasteiger partial charge in [0.05, 0.1) is 11.4 Å². The maximum absolute atomic E-state index is 10.6. The maximum Gasteiger partial charge on any atom is 0.490 e. The highest BCUT2D eigenvalue weighted by molar-refractivity contribution is 5.98. The highest BCUT2D eigenvalue weighted by atomic mass is 19.4. The molecule has 5 heterocycles. The number of nitrogens with one attached hydrogen (secondary N) is 1. The summed E-state index contributed by atoms with van der Waals surface area (Å²) in [6.07, 6.45) is 1.25. The number of hydrogen-bond donors (Lipinski definition) is 3. The van der Waals surface area contributed by atoms with Crippen molar-refractivity contribution in [2.75, 3.05) is 51.5 Å². The number of nitrogen functional groups attached to an aromatic ring is 1. The number of alkyl halides is 3. The van der Waals surface area contributed by atoms with Crippen molar-refractivity contribution >= 4 is 22.8 Å². The second-order valence-electron chi connectivity index (χ2n) is 12.3. The summed E-state index contributed by atoms with van der Waals surface area (Å²) >= 11 is 0. The normalized spacial score (nSPS) is 18.8. The average molecular weight is 653 g/mol. The highest BCUT2D eigenvalue weighted by Gasteiger charge is 2.38. The number of carbonyl (C=O) groups is 1. The van der Waals surface area contributed by atoms with Crippen LogP contribution < -0.4 is 15.8 Å². The zero-order valence-corrected chi connectivity index (χ0v) is 25.9. The predicted molar refractivity (Wildman–Crippen MR) is 171 cm³/mol. The van der Waals surface area contributed by atoms with Crippen molar-refractivity contribution in [3.05, 3.63) is 60.9 Å². The van der Waals surface area contributed by atoms with E-state index in [4.69, 9.17) is 25.5 Å². The van der Waals surface area contributed by atoms with Gasteiger partial charge in [-0.2, -0.15) is 18.3 Å². The molecule has 7 rings (SSSR count). The number of carboxylic acids is 1. The molecule has 14 heteroatoms. The van der Waals surface area contributed by atoms with Gasteiger partial charge in [-0.15, -0.1) is 0 Å². The van der Waals surface area contributed by atoms with Gasteiger partial charge in [0.25, 0.3) is 0 Å². The van der Waals surface area contributed by atoms with E-state index >= 15 is 0 Å². The van der Waals surface area contributed by atoms with Crippen LogP contribution in [0, 0.1) is 5.92 Å². The fourth-order valence-electron chi connectivity index (χ4n) is 6.61. The van der Waals surface area contributed by atoms with Crippen molar-refractivity contribution in [1.82, 2.24) is 34.9 Å². The quantitative estimate of drug-likeness (QED) is 0.255. The van der Waals surface area contributed by atoms with E-state index in [1.807, 2.05) is 54.6 Å². The average Bonchev–Trinajstić information content (AvgIpc) is 3.45. The predicted octanol–water partition coefficient (Wildman–Crippen LogP) is 4.82. The second-order valence-corrected chi connectivity index (χ2v) is 12.3. The van der Waals surface area contributed by atoms with E-state index in [1.165, 1.54) is 45.6 Å². The SMILES string of the molecule is Nc1ncnc2c1c(-c1ccc(Oc3ccccc3)cc1)nn2C1CCN(C2CN(CC3CCNCC3)C2)CC1.O=C(O)C(F)(F)F. The first-order valence-electron chi connectivity index (χ1n) is 15.9. The molecular formula is C33H39F3N8O3. The van der Waals surface area contributed by atoms with E-state index in [-0.39, 0.29) is 0 Å². The molecule has 4 aromatic rings. The number of anilines is 1. The molecule has 0 spiro atoms. The molecule has 4 N–H and O–H groups in total. The van der Waals surface area contributed by atoms with Gasteiger partial charge in [-0.25, -0.2) is 19.4 Å².